The predicted molar refractivity (Wildman–Crippen MR) is 85.2 cm³/mol. The van der Waals surface area contributed by atoms with E-state index in [2.05, 4.69) is 5.32 Å². The number of carbonyl (C=O) groups excluding carboxylic acids is 1. The number of pyridine rings is 1. The summed E-state index contributed by atoms with van der Waals surface area (Å²) in [6.45, 7) is 0.224. The van der Waals surface area contributed by atoms with E-state index < -0.39 is 6.10 Å². The molecule has 0 fully saturated rings. The number of carbonyl (C=O) groups is 1. The lowest BCUT2D eigenvalue weighted by atomic mass is 10.2. The third kappa shape index (κ3) is 5.03. The van der Waals surface area contributed by atoms with Gasteiger partial charge in [-0.15, -0.1) is 0 Å². The zero-order valence-electron chi connectivity index (χ0n) is 12.1. The van der Waals surface area contributed by atoms with Gasteiger partial charge in [0.1, 0.15) is 0 Å². The quantitative estimate of drug-likeness (QED) is 0.783. The van der Waals surface area contributed by atoms with Crippen LogP contribution in [-0.4, -0.2) is 28.2 Å². The molecule has 5 nitrogen and oxygen atoms in total. The van der Waals surface area contributed by atoms with Gasteiger partial charge in [-0.05, 0) is 17.7 Å². The Hall–Kier alpha value is -2.66. The van der Waals surface area contributed by atoms with Crippen molar-refractivity contribution in [3.05, 3.63) is 76.7 Å². The van der Waals surface area contributed by atoms with Crippen LogP contribution < -0.4 is 10.9 Å². The molecule has 114 valence electrons. The largest absolute Gasteiger partial charge is 0.389 e. The molecule has 2 N–H and O–H groups in total. The van der Waals surface area contributed by atoms with Crippen LogP contribution in [0.25, 0.3) is 6.08 Å². The number of aromatic nitrogens is 1. The van der Waals surface area contributed by atoms with Crippen molar-refractivity contribution in [2.45, 2.75) is 12.6 Å². The minimum atomic E-state index is -0.825. The molecule has 1 aromatic carbocycles. The van der Waals surface area contributed by atoms with Gasteiger partial charge in [-0.3, -0.25) is 9.59 Å². The maximum Gasteiger partial charge on any atom is 0.250 e. The predicted octanol–water partition coefficient (Wildman–Crippen LogP) is 1.04. The molecule has 0 bridgehead atoms. The van der Waals surface area contributed by atoms with E-state index in [1.807, 2.05) is 30.3 Å². The van der Waals surface area contributed by atoms with Crippen molar-refractivity contribution in [1.82, 2.24) is 9.88 Å². The zero-order chi connectivity index (χ0) is 15.8. The lowest BCUT2D eigenvalue weighted by Gasteiger charge is -2.12. The fourth-order valence-corrected chi connectivity index (χ4v) is 1.92. The summed E-state index contributed by atoms with van der Waals surface area (Å²) in [6.07, 6.45) is 3.89. The van der Waals surface area contributed by atoms with Gasteiger partial charge in [-0.2, -0.15) is 0 Å². The highest BCUT2D eigenvalue weighted by Gasteiger charge is 2.07. The second-order valence-electron chi connectivity index (χ2n) is 4.83. The molecule has 5 heteroatoms. The van der Waals surface area contributed by atoms with E-state index in [0.29, 0.717) is 0 Å². The molecule has 0 saturated heterocycles. The molecule has 2 aromatic rings. The van der Waals surface area contributed by atoms with Crippen molar-refractivity contribution in [2.75, 3.05) is 6.54 Å². The number of aliphatic hydroxyl groups is 1. The van der Waals surface area contributed by atoms with Crippen LogP contribution in [0, 0.1) is 0 Å². The molecule has 1 heterocycles. The van der Waals surface area contributed by atoms with Crippen molar-refractivity contribution in [3.63, 3.8) is 0 Å². The van der Waals surface area contributed by atoms with Crippen LogP contribution in [0.3, 0.4) is 0 Å². The molecule has 0 aliphatic rings. The van der Waals surface area contributed by atoms with Gasteiger partial charge in [0.15, 0.2) is 0 Å². The maximum atomic E-state index is 11.7. The second-order valence-corrected chi connectivity index (χ2v) is 4.83. The van der Waals surface area contributed by atoms with E-state index in [0.717, 1.165) is 5.56 Å². The van der Waals surface area contributed by atoms with Crippen LogP contribution in [0.5, 0.6) is 0 Å². The number of amides is 1. The molecule has 1 aromatic heterocycles. The monoisotopic (exact) mass is 298 g/mol. The number of aliphatic hydroxyl groups excluding tert-OH is 1. The lowest BCUT2D eigenvalue weighted by molar-refractivity contribution is -0.116. The number of nitrogens with one attached hydrogen (secondary N) is 1. The first-order chi connectivity index (χ1) is 10.6. The van der Waals surface area contributed by atoms with Gasteiger partial charge < -0.3 is 15.0 Å². The first-order valence-corrected chi connectivity index (χ1v) is 6.99. The van der Waals surface area contributed by atoms with Crippen LogP contribution in [0.4, 0.5) is 0 Å². The summed E-state index contributed by atoms with van der Waals surface area (Å²) in [5.41, 5.74) is 0.742. The number of rotatable bonds is 6. The van der Waals surface area contributed by atoms with E-state index in [9.17, 15) is 14.7 Å². The zero-order valence-corrected chi connectivity index (χ0v) is 12.1. The van der Waals surface area contributed by atoms with Crippen molar-refractivity contribution in [3.8, 4) is 0 Å². The first-order valence-electron chi connectivity index (χ1n) is 6.99. The number of benzene rings is 1. The molecule has 1 amide bonds. The summed E-state index contributed by atoms with van der Waals surface area (Å²) in [5, 5.41) is 12.5. The topological polar surface area (TPSA) is 71.3 Å². The van der Waals surface area contributed by atoms with Crippen LogP contribution in [0.1, 0.15) is 5.56 Å². The van der Waals surface area contributed by atoms with Gasteiger partial charge in [0.2, 0.25) is 5.91 Å². The number of hydrogen-bond acceptors (Lipinski definition) is 3. The minimum absolute atomic E-state index is 0.0826. The van der Waals surface area contributed by atoms with Gasteiger partial charge in [0.25, 0.3) is 5.56 Å². The van der Waals surface area contributed by atoms with Crippen molar-refractivity contribution >= 4 is 12.0 Å². The molecule has 1 unspecified atom stereocenters. The summed E-state index contributed by atoms with van der Waals surface area (Å²) < 4.78 is 1.40. The minimum Gasteiger partial charge on any atom is -0.389 e. The molecular formula is C17H18N2O3. The Morgan fingerprint density at radius 1 is 1.18 bits per heavy atom. The molecule has 0 aliphatic carbocycles. The summed E-state index contributed by atoms with van der Waals surface area (Å²) in [6, 6.07) is 14.2. The van der Waals surface area contributed by atoms with Gasteiger partial charge >= 0.3 is 0 Å². The van der Waals surface area contributed by atoms with Gasteiger partial charge in [0, 0.05) is 24.9 Å². The molecule has 0 spiro atoms. The van der Waals surface area contributed by atoms with E-state index in [1.54, 1.807) is 24.4 Å². The highest BCUT2D eigenvalue weighted by atomic mass is 16.3. The maximum absolute atomic E-state index is 11.7. The number of hydrogen-bond donors (Lipinski definition) is 2. The van der Waals surface area contributed by atoms with Crippen molar-refractivity contribution in [1.29, 1.82) is 0 Å². The van der Waals surface area contributed by atoms with Crippen molar-refractivity contribution in [2.24, 2.45) is 0 Å². The third-order valence-electron chi connectivity index (χ3n) is 3.05. The smallest absolute Gasteiger partial charge is 0.250 e. The van der Waals surface area contributed by atoms with E-state index in [1.165, 1.54) is 16.7 Å². The average molecular weight is 298 g/mol. The van der Waals surface area contributed by atoms with Crippen LogP contribution in [-0.2, 0) is 11.3 Å². The average Bonchev–Trinajstić information content (AvgIpc) is 2.54. The molecular weight excluding hydrogens is 280 g/mol. The second kappa shape index (κ2) is 7.95. The Kier molecular flexibility index (Phi) is 5.68. The van der Waals surface area contributed by atoms with Crippen LogP contribution in [0.2, 0.25) is 0 Å². The highest BCUT2D eigenvalue weighted by Crippen LogP contribution is 2.00. The fourth-order valence-electron chi connectivity index (χ4n) is 1.92. The normalized spacial score (nSPS) is 12.2. The summed E-state index contributed by atoms with van der Waals surface area (Å²) in [4.78, 5) is 23.2. The van der Waals surface area contributed by atoms with Crippen LogP contribution in [0.15, 0.2) is 65.6 Å². The lowest BCUT2D eigenvalue weighted by Crippen LogP contribution is -2.35. The Bertz CT molecular complexity index is 692. The fraction of sp³-hybridized carbons (Fsp3) is 0.176. The summed E-state index contributed by atoms with van der Waals surface area (Å²) >= 11 is 0. The van der Waals surface area contributed by atoms with E-state index >= 15 is 0 Å². The highest BCUT2D eigenvalue weighted by molar-refractivity contribution is 5.91. The molecule has 2 rings (SSSR count). The Morgan fingerprint density at radius 2 is 1.91 bits per heavy atom. The Balaban J connectivity index is 1.80. The molecule has 0 aliphatic heterocycles. The van der Waals surface area contributed by atoms with E-state index in [4.69, 9.17) is 0 Å². The molecule has 22 heavy (non-hydrogen) atoms. The number of nitrogens with zero attached hydrogens (tertiary/aromatic N) is 1. The molecule has 1 atom stereocenters. The summed E-state index contributed by atoms with van der Waals surface area (Å²) in [5.74, 6) is -0.289. The SMILES string of the molecule is O=C(/C=C/c1ccccc1)NCC(O)Cn1ccccc1=O. The molecule has 0 saturated carbocycles. The van der Waals surface area contributed by atoms with E-state index in [-0.39, 0.29) is 24.6 Å². The first kappa shape index (κ1) is 15.7. The Labute approximate surface area is 128 Å². The summed E-state index contributed by atoms with van der Waals surface area (Å²) in [7, 11) is 0. The van der Waals surface area contributed by atoms with Crippen molar-refractivity contribution < 1.29 is 9.90 Å². The third-order valence-corrected chi connectivity index (χ3v) is 3.05. The van der Waals surface area contributed by atoms with Gasteiger partial charge in [0.05, 0.1) is 12.6 Å². The molecule has 0 radical (unpaired) electrons. The standard InChI is InChI=1S/C17H18N2O3/c20-15(13-19-11-5-4-8-17(19)22)12-18-16(21)10-9-14-6-2-1-3-7-14/h1-11,15,20H,12-13H2,(H,18,21)/b10-9+. The van der Waals surface area contributed by atoms with Gasteiger partial charge in [-0.1, -0.05) is 36.4 Å². The van der Waals surface area contributed by atoms with Gasteiger partial charge in [-0.25, -0.2) is 0 Å². The van der Waals surface area contributed by atoms with Crippen LogP contribution >= 0.6 is 0 Å². The Morgan fingerprint density at radius 3 is 2.64 bits per heavy atom.